The second-order valence-electron chi connectivity index (χ2n) is 4.40. The fourth-order valence-electron chi connectivity index (χ4n) is 2.68. The molecule has 84 valence electrons. The van der Waals surface area contributed by atoms with Crippen molar-refractivity contribution in [2.45, 2.75) is 31.4 Å². The van der Waals surface area contributed by atoms with Crippen molar-refractivity contribution in [3.8, 4) is 6.07 Å². The van der Waals surface area contributed by atoms with Crippen LogP contribution in [0.1, 0.15) is 19.3 Å². The lowest BCUT2D eigenvalue weighted by atomic mass is 10.0. The van der Waals surface area contributed by atoms with Gasteiger partial charge in [0.05, 0.1) is 31.3 Å². The van der Waals surface area contributed by atoms with E-state index in [9.17, 15) is 0 Å². The summed E-state index contributed by atoms with van der Waals surface area (Å²) < 4.78 is 5.41. The van der Waals surface area contributed by atoms with Gasteiger partial charge in [-0.3, -0.25) is 4.90 Å². The maximum absolute atomic E-state index is 9.06. The molecule has 0 aromatic heterocycles. The van der Waals surface area contributed by atoms with E-state index in [1.54, 1.807) is 0 Å². The van der Waals surface area contributed by atoms with Gasteiger partial charge in [0.2, 0.25) is 0 Å². The topological polar surface area (TPSA) is 56.5 Å². The average Bonchev–Trinajstić information content (AvgIpc) is 2.77. The van der Waals surface area contributed by atoms with E-state index >= 15 is 0 Å². The number of rotatable bonds is 2. The van der Waals surface area contributed by atoms with Crippen LogP contribution < -0.4 is 0 Å². The Labute approximate surface area is 90.4 Å². The van der Waals surface area contributed by atoms with Crippen LogP contribution in [0.15, 0.2) is 0 Å². The van der Waals surface area contributed by atoms with Crippen molar-refractivity contribution >= 4 is 0 Å². The molecule has 2 aliphatic rings. The van der Waals surface area contributed by atoms with Crippen LogP contribution in [0.2, 0.25) is 0 Å². The van der Waals surface area contributed by atoms with Gasteiger partial charge in [-0.1, -0.05) is 6.42 Å². The third kappa shape index (κ3) is 2.31. The number of morpholine rings is 1. The van der Waals surface area contributed by atoms with E-state index in [4.69, 9.17) is 15.1 Å². The van der Waals surface area contributed by atoms with E-state index in [1.165, 1.54) is 0 Å². The molecule has 2 rings (SSSR count). The number of aliphatic hydroxyl groups excluding tert-OH is 1. The fourth-order valence-corrected chi connectivity index (χ4v) is 2.68. The SMILES string of the molecule is N#CC1CCCC1N1CCOC(CO)C1. The van der Waals surface area contributed by atoms with Crippen LogP contribution in [0.25, 0.3) is 0 Å². The van der Waals surface area contributed by atoms with Crippen molar-refractivity contribution in [2.24, 2.45) is 5.92 Å². The predicted octanol–water partition coefficient (Wildman–Crippen LogP) is 0.372. The van der Waals surface area contributed by atoms with Gasteiger partial charge in [-0.25, -0.2) is 0 Å². The average molecular weight is 210 g/mol. The fraction of sp³-hybridized carbons (Fsp3) is 0.909. The smallest absolute Gasteiger partial charge is 0.0932 e. The van der Waals surface area contributed by atoms with Crippen LogP contribution in [0.4, 0.5) is 0 Å². The van der Waals surface area contributed by atoms with Gasteiger partial charge in [-0.2, -0.15) is 5.26 Å². The molecule has 2 fully saturated rings. The van der Waals surface area contributed by atoms with Gasteiger partial charge in [-0.15, -0.1) is 0 Å². The number of nitriles is 1. The molecule has 0 aromatic carbocycles. The number of hydrogen-bond acceptors (Lipinski definition) is 4. The first-order chi connectivity index (χ1) is 7.35. The van der Waals surface area contributed by atoms with Crippen molar-refractivity contribution in [1.29, 1.82) is 5.26 Å². The lowest BCUT2D eigenvalue weighted by Crippen LogP contribution is -2.49. The lowest BCUT2D eigenvalue weighted by Gasteiger charge is -2.37. The van der Waals surface area contributed by atoms with E-state index in [0.717, 1.165) is 32.4 Å². The van der Waals surface area contributed by atoms with Crippen LogP contribution in [-0.4, -0.2) is 48.5 Å². The Morgan fingerprint density at radius 3 is 3.07 bits per heavy atom. The third-order valence-electron chi connectivity index (χ3n) is 3.49. The standard InChI is InChI=1S/C11H18N2O2/c12-6-9-2-1-3-11(9)13-4-5-15-10(7-13)8-14/h9-11,14H,1-5,7-8H2. The molecule has 0 amide bonds. The van der Waals surface area contributed by atoms with Crippen LogP contribution in [0.5, 0.6) is 0 Å². The van der Waals surface area contributed by atoms with E-state index in [0.29, 0.717) is 12.6 Å². The zero-order chi connectivity index (χ0) is 10.7. The van der Waals surface area contributed by atoms with Crippen molar-refractivity contribution in [3.63, 3.8) is 0 Å². The lowest BCUT2D eigenvalue weighted by molar-refractivity contribution is -0.0667. The Hall–Kier alpha value is -0.630. The van der Waals surface area contributed by atoms with Crippen molar-refractivity contribution < 1.29 is 9.84 Å². The first-order valence-electron chi connectivity index (χ1n) is 5.71. The molecule has 0 aromatic rings. The molecule has 1 N–H and O–H groups in total. The van der Waals surface area contributed by atoms with Crippen molar-refractivity contribution in [2.75, 3.05) is 26.3 Å². The summed E-state index contributed by atoms with van der Waals surface area (Å²) in [6, 6.07) is 2.80. The van der Waals surface area contributed by atoms with Gasteiger partial charge in [0.15, 0.2) is 0 Å². The summed E-state index contributed by atoms with van der Waals surface area (Å²) in [6.45, 7) is 2.44. The van der Waals surface area contributed by atoms with Crippen LogP contribution >= 0.6 is 0 Å². The van der Waals surface area contributed by atoms with Crippen LogP contribution in [-0.2, 0) is 4.74 Å². The Balaban J connectivity index is 1.95. The van der Waals surface area contributed by atoms with Gasteiger partial charge in [0, 0.05) is 19.1 Å². The highest BCUT2D eigenvalue weighted by Gasteiger charge is 2.34. The molecule has 15 heavy (non-hydrogen) atoms. The van der Waals surface area contributed by atoms with Gasteiger partial charge < -0.3 is 9.84 Å². The molecule has 3 atom stereocenters. The largest absolute Gasteiger partial charge is 0.394 e. The van der Waals surface area contributed by atoms with Gasteiger partial charge in [-0.05, 0) is 12.8 Å². The summed E-state index contributed by atoms with van der Waals surface area (Å²) in [5, 5.41) is 18.1. The summed E-state index contributed by atoms with van der Waals surface area (Å²) in [7, 11) is 0. The van der Waals surface area contributed by atoms with Crippen molar-refractivity contribution in [3.05, 3.63) is 0 Å². The Morgan fingerprint density at radius 2 is 2.33 bits per heavy atom. The molecule has 3 unspecified atom stereocenters. The Morgan fingerprint density at radius 1 is 1.47 bits per heavy atom. The normalized spacial score (nSPS) is 37.7. The zero-order valence-electron chi connectivity index (χ0n) is 8.93. The first kappa shape index (κ1) is 10.9. The van der Waals surface area contributed by atoms with E-state index < -0.39 is 0 Å². The molecule has 1 saturated carbocycles. The molecule has 4 heteroatoms. The second kappa shape index (κ2) is 4.93. The highest BCUT2D eigenvalue weighted by molar-refractivity contribution is 4.98. The molecule has 1 heterocycles. The van der Waals surface area contributed by atoms with E-state index in [1.807, 2.05) is 0 Å². The molecule has 0 spiro atoms. The molecule has 1 aliphatic heterocycles. The number of aliphatic hydroxyl groups is 1. The highest BCUT2D eigenvalue weighted by Crippen LogP contribution is 2.30. The van der Waals surface area contributed by atoms with Crippen LogP contribution in [0.3, 0.4) is 0 Å². The summed E-state index contributed by atoms with van der Waals surface area (Å²) in [6.07, 6.45) is 3.25. The summed E-state index contributed by atoms with van der Waals surface area (Å²) in [5.74, 6) is 0.183. The monoisotopic (exact) mass is 210 g/mol. The van der Waals surface area contributed by atoms with Crippen molar-refractivity contribution in [1.82, 2.24) is 4.90 Å². The maximum atomic E-state index is 9.06. The molecule has 0 radical (unpaired) electrons. The summed E-state index contributed by atoms with van der Waals surface area (Å²) >= 11 is 0. The minimum absolute atomic E-state index is 0.0568. The van der Waals surface area contributed by atoms with Crippen LogP contribution in [0, 0.1) is 17.2 Å². The Bertz CT molecular complexity index is 251. The summed E-state index contributed by atoms with van der Waals surface area (Å²) in [4.78, 5) is 2.32. The van der Waals surface area contributed by atoms with Gasteiger partial charge in [0.1, 0.15) is 0 Å². The van der Waals surface area contributed by atoms with E-state index in [-0.39, 0.29) is 18.6 Å². The number of hydrogen-bond donors (Lipinski definition) is 1. The summed E-state index contributed by atoms with van der Waals surface area (Å²) in [5.41, 5.74) is 0. The molecular weight excluding hydrogens is 192 g/mol. The molecule has 1 aliphatic carbocycles. The molecule has 1 saturated heterocycles. The third-order valence-corrected chi connectivity index (χ3v) is 3.49. The quantitative estimate of drug-likeness (QED) is 0.715. The van der Waals surface area contributed by atoms with Gasteiger partial charge >= 0.3 is 0 Å². The van der Waals surface area contributed by atoms with Gasteiger partial charge in [0.25, 0.3) is 0 Å². The zero-order valence-corrected chi connectivity index (χ0v) is 8.93. The Kier molecular flexibility index (Phi) is 3.57. The molecule has 0 bridgehead atoms. The molecule has 4 nitrogen and oxygen atoms in total. The number of ether oxygens (including phenoxy) is 1. The highest BCUT2D eigenvalue weighted by atomic mass is 16.5. The predicted molar refractivity (Wildman–Crippen MR) is 55.1 cm³/mol. The molecular formula is C11H18N2O2. The maximum Gasteiger partial charge on any atom is 0.0932 e. The first-order valence-corrected chi connectivity index (χ1v) is 5.71. The minimum atomic E-state index is -0.0568. The second-order valence-corrected chi connectivity index (χ2v) is 4.40. The number of nitrogens with zero attached hydrogens (tertiary/aromatic N) is 2. The van der Waals surface area contributed by atoms with E-state index in [2.05, 4.69) is 11.0 Å². The minimum Gasteiger partial charge on any atom is -0.394 e.